The van der Waals surface area contributed by atoms with Gasteiger partial charge in [-0.1, -0.05) is 13.8 Å². The van der Waals surface area contributed by atoms with Crippen molar-refractivity contribution in [2.24, 2.45) is 17.4 Å². The second-order valence-electron chi connectivity index (χ2n) is 10.1. The van der Waals surface area contributed by atoms with Crippen molar-refractivity contribution in [3.8, 4) is 0 Å². The van der Waals surface area contributed by atoms with E-state index in [0.717, 1.165) is 0 Å². The van der Waals surface area contributed by atoms with Gasteiger partial charge in [-0.25, -0.2) is 4.79 Å². The summed E-state index contributed by atoms with van der Waals surface area (Å²) in [7, 11) is 1.51. The van der Waals surface area contributed by atoms with E-state index in [4.69, 9.17) is 21.3 Å². The van der Waals surface area contributed by atoms with Gasteiger partial charge in [0.15, 0.2) is 0 Å². The van der Waals surface area contributed by atoms with Gasteiger partial charge in [0.05, 0.1) is 18.2 Å². The molecule has 1 aliphatic rings. The molecule has 0 unspecified atom stereocenters. The Morgan fingerprint density at radius 1 is 1.03 bits per heavy atom. The number of carboxylic acid groups (broad SMARTS) is 2. The van der Waals surface area contributed by atoms with Crippen molar-refractivity contribution in [2.75, 3.05) is 20.2 Å². The Balaban J connectivity index is 3.00. The lowest BCUT2D eigenvalue weighted by Gasteiger charge is -2.42. The van der Waals surface area contributed by atoms with Crippen molar-refractivity contribution in [2.45, 2.75) is 102 Å². The summed E-state index contributed by atoms with van der Waals surface area (Å²) in [6.07, 6.45) is 2.08. The number of rotatable bonds is 17. The fourth-order valence-electron chi connectivity index (χ4n) is 4.50. The largest absolute Gasteiger partial charge is 0.481 e. The average molecular weight is 544 g/mol. The molecule has 0 aromatic carbocycles. The van der Waals surface area contributed by atoms with Crippen LogP contribution in [0.2, 0.25) is 0 Å². The maximum Gasteiger partial charge on any atom is 0.326 e. The van der Waals surface area contributed by atoms with Crippen LogP contribution in [-0.2, 0) is 28.7 Å². The van der Waals surface area contributed by atoms with Crippen LogP contribution in [0.3, 0.4) is 0 Å². The van der Waals surface area contributed by atoms with E-state index < -0.39 is 53.8 Å². The summed E-state index contributed by atoms with van der Waals surface area (Å²) >= 11 is 0. The third-order valence-corrected chi connectivity index (χ3v) is 6.83. The summed E-state index contributed by atoms with van der Waals surface area (Å²) in [6.45, 7) is 4.31. The number of nitrogens with zero attached hydrogens (tertiary/aromatic N) is 1. The number of carboxylic acids is 2. The van der Waals surface area contributed by atoms with E-state index in [1.165, 1.54) is 12.0 Å². The van der Waals surface area contributed by atoms with Crippen LogP contribution in [0.1, 0.15) is 71.6 Å². The third kappa shape index (κ3) is 10.9. The SMILES string of the molecule is CO[C@@H]1CCCN(C(=O)[C@H](CCC(=O)O)NC(=O)[C@@H](N)C(C)C)[C@@H]1CCC(=O)N[C@@H](CCCCN)C(=O)O. The Morgan fingerprint density at radius 3 is 2.26 bits per heavy atom. The molecule has 1 fully saturated rings. The number of piperidine rings is 1. The summed E-state index contributed by atoms with van der Waals surface area (Å²) < 4.78 is 5.60. The molecule has 1 aliphatic heterocycles. The van der Waals surface area contributed by atoms with E-state index in [2.05, 4.69) is 10.6 Å². The van der Waals surface area contributed by atoms with Crippen molar-refractivity contribution in [3.63, 3.8) is 0 Å². The molecular weight excluding hydrogens is 498 g/mol. The molecular formula is C25H45N5O8. The van der Waals surface area contributed by atoms with Gasteiger partial charge in [-0.15, -0.1) is 0 Å². The molecule has 1 heterocycles. The first-order chi connectivity index (χ1) is 17.9. The summed E-state index contributed by atoms with van der Waals surface area (Å²) in [5.41, 5.74) is 11.4. The minimum absolute atomic E-state index is 0.0423. The zero-order valence-corrected chi connectivity index (χ0v) is 22.7. The first kappa shape index (κ1) is 33.3. The van der Waals surface area contributed by atoms with Crippen molar-refractivity contribution >= 4 is 29.7 Å². The molecule has 0 aromatic rings. The number of hydrogen-bond acceptors (Lipinski definition) is 8. The number of aliphatic carboxylic acids is 2. The highest BCUT2D eigenvalue weighted by Gasteiger charge is 2.38. The molecule has 0 bridgehead atoms. The predicted octanol–water partition coefficient (Wildman–Crippen LogP) is -0.196. The van der Waals surface area contributed by atoms with E-state index >= 15 is 0 Å². The van der Waals surface area contributed by atoms with Gasteiger partial charge in [0.2, 0.25) is 17.7 Å². The Kier molecular flexibility index (Phi) is 14.8. The van der Waals surface area contributed by atoms with Crippen LogP contribution in [0.15, 0.2) is 0 Å². The molecule has 13 heteroatoms. The maximum absolute atomic E-state index is 13.6. The molecule has 1 saturated heterocycles. The Morgan fingerprint density at radius 2 is 1.71 bits per heavy atom. The summed E-state index contributed by atoms with van der Waals surface area (Å²) in [4.78, 5) is 63.1. The summed E-state index contributed by atoms with van der Waals surface area (Å²) in [5.74, 6) is -3.89. The minimum atomic E-state index is -1.13. The molecule has 0 saturated carbocycles. The molecule has 218 valence electrons. The van der Waals surface area contributed by atoms with Gasteiger partial charge in [0, 0.05) is 26.5 Å². The van der Waals surface area contributed by atoms with Gasteiger partial charge >= 0.3 is 11.9 Å². The number of nitrogens with two attached hydrogens (primary N) is 2. The first-order valence-electron chi connectivity index (χ1n) is 13.3. The maximum atomic E-state index is 13.6. The van der Waals surface area contributed by atoms with E-state index in [-0.39, 0.29) is 44.1 Å². The van der Waals surface area contributed by atoms with Crippen molar-refractivity contribution in [1.29, 1.82) is 0 Å². The standard InChI is InChI=1S/C25H45N5O8/c1-15(2)22(27)23(34)29-16(9-12-21(32)33)24(35)30-14-6-8-19(38-3)18(30)10-11-20(31)28-17(25(36)37)7-4-5-13-26/h15-19,22H,4-14,26-27H2,1-3H3,(H,28,31)(H,29,34)(H,32,33)(H,36,37)/t16-,17-,18+,19+,22-/m0/s1. The first-order valence-corrected chi connectivity index (χ1v) is 13.3. The Hall–Kier alpha value is -2.77. The highest BCUT2D eigenvalue weighted by Crippen LogP contribution is 2.25. The van der Waals surface area contributed by atoms with E-state index in [9.17, 15) is 29.1 Å². The van der Waals surface area contributed by atoms with Gasteiger partial charge in [-0.2, -0.15) is 0 Å². The highest BCUT2D eigenvalue weighted by molar-refractivity contribution is 5.90. The number of methoxy groups -OCH3 is 1. The van der Waals surface area contributed by atoms with Crippen molar-refractivity contribution in [3.05, 3.63) is 0 Å². The molecule has 5 atom stereocenters. The van der Waals surface area contributed by atoms with Gasteiger partial charge in [-0.3, -0.25) is 19.2 Å². The van der Waals surface area contributed by atoms with Crippen LogP contribution < -0.4 is 22.1 Å². The van der Waals surface area contributed by atoms with Gasteiger partial charge in [0.1, 0.15) is 12.1 Å². The van der Waals surface area contributed by atoms with Crippen LogP contribution in [0.25, 0.3) is 0 Å². The van der Waals surface area contributed by atoms with Crippen molar-refractivity contribution < 1.29 is 38.9 Å². The van der Waals surface area contributed by atoms with E-state index in [1.54, 1.807) is 13.8 Å². The number of carbonyl (C=O) groups is 5. The topological polar surface area (TPSA) is 214 Å². The molecule has 13 nitrogen and oxygen atoms in total. The number of unbranched alkanes of at least 4 members (excludes halogenated alkanes) is 1. The van der Waals surface area contributed by atoms with Crippen LogP contribution in [0.5, 0.6) is 0 Å². The zero-order chi connectivity index (χ0) is 28.8. The molecule has 0 spiro atoms. The lowest BCUT2D eigenvalue weighted by Crippen LogP contribution is -2.59. The Labute approximate surface area is 224 Å². The van der Waals surface area contributed by atoms with Gasteiger partial charge < -0.3 is 42.0 Å². The second kappa shape index (κ2) is 16.9. The van der Waals surface area contributed by atoms with Crippen LogP contribution in [0.4, 0.5) is 0 Å². The second-order valence-corrected chi connectivity index (χ2v) is 10.1. The third-order valence-electron chi connectivity index (χ3n) is 6.83. The van der Waals surface area contributed by atoms with Crippen LogP contribution in [-0.4, -0.2) is 95.2 Å². The fourth-order valence-corrected chi connectivity index (χ4v) is 4.50. The molecule has 0 aromatic heterocycles. The predicted molar refractivity (Wildman–Crippen MR) is 139 cm³/mol. The van der Waals surface area contributed by atoms with Gasteiger partial charge in [-0.05, 0) is 57.4 Å². The highest BCUT2D eigenvalue weighted by atomic mass is 16.5. The molecule has 38 heavy (non-hydrogen) atoms. The lowest BCUT2D eigenvalue weighted by atomic mass is 9.93. The van der Waals surface area contributed by atoms with E-state index in [1.807, 2.05) is 0 Å². The smallest absolute Gasteiger partial charge is 0.326 e. The van der Waals surface area contributed by atoms with Crippen LogP contribution in [0, 0.1) is 5.92 Å². The molecule has 0 aliphatic carbocycles. The Bertz CT molecular complexity index is 809. The molecule has 3 amide bonds. The number of nitrogens with one attached hydrogen (secondary N) is 2. The van der Waals surface area contributed by atoms with Crippen molar-refractivity contribution in [1.82, 2.24) is 15.5 Å². The molecule has 1 rings (SSSR count). The minimum Gasteiger partial charge on any atom is -0.481 e. The lowest BCUT2D eigenvalue weighted by molar-refractivity contribution is -0.146. The van der Waals surface area contributed by atoms with Gasteiger partial charge in [0.25, 0.3) is 0 Å². The number of ether oxygens (including phenoxy) is 1. The summed E-state index contributed by atoms with van der Waals surface area (Å²) in [6, 6.07) is -3.52. The quantitative estimate of drug-likeness (QED) is 0.133. The number of carbonyl (C=O) groups excluding carboxylic acids is 3. The van der Waals surface area contributed by atoms with E-state index in [0.29, 0.717) is 38.8 Å². The molecule has 0 radical (unpaired) electrons. The zero-order valence-electron chi connectivity index (χ0n) is 22.7. The number of hydrogen-bond donors (Lipinski definition) is 6. The number of amides is 3. The normalized spacial score (nSPS) is 19.9. The average Bonchev–Trinajstić information content (AvgIpc) is 2.87. The summed E-state index contributed by atoms with van der Waals surface area (Å²) in [5, 5.41) is 23.7. The monoisotopic (exact) mass is 543 g/mol. The number of likely N-dealkylation sites (tertiary alicyclic amines) is 1. The van der Waals surface area contributed by atoms with Crippen LogP contribution >= 0.6 is 0 Å². The molecule has 8 N–H and O–H groups in total. The fraction of sp³-hybridized carbons (Fsp3) is 0.800.